The first-order valence-electron chi connectivity index (χ1n) is 8.97. The number of hydrogen-bond acceptors (Lipinski definition) is 3. The summed E-state index contributed by atoms with van der Waals surface area (Å²) in [5.41, 5.74) is 9.34. The molecule has 1 saturated heterocycles. The molecule has 1 fully saturated rings. The van der Waals surface area contributed by atoms with Gasteiger partial charge in [-0.2, -0.15) is 0 Å². The predicted molar refractivity (Wildman–Crippen MR) is 104 cm³/mol. The molecule has 1 amide bonds. The van der Waals surface area contributed by atoms with Crippen LogP contribution in [0.5, 0.6) is 0 Å². The lowest BCUT2D eigenvalue weighted by atomic mass is 10.1. The zero-order valence-electron chi connectivity index (χ0n) is 15.9. The Balaban J connectivity index is 1.79. The third-order valence-electron chi connectivity index (χ3n) is 4.47. The molecule has 3 N–H and O–H groups in total. The summed E-state index contributed by atoms with van der Waals surface area (Å²) >= 11 is 0. The first-order chi connectivity index (χ1) is 11.9. The number of benzene rings is 1. The van der Waals surface area contributed by atoms with Gasteiger partial charge >= 0.3 is 0 Å². The molecule has 2 rings (SSSR count). The highest BCUT2D eigenvalue weighted by atomic mass is 16.2. The Morgan fingerprint density at radius 2 is 2.00 bits per heavy atom. The molecule has 25 heavy (non-hydrogen) atoms. The van der Waals surface area contributed by atoms with Gasteiger partial charge in [-0.1, -0.05) is 6.07 Å². The number of nitrogens with zero attached hydrogens (tertiary/aromatic N) is 3. The van der Waals surface area contributed by atoms with Crippen LogP contribution in [0.15, 0.2) is 23.2 Å². The van der Waals surface area contributed by atoms with Crippen LogP contribution in [0.25, 0.3) is 0 Å². The lowest BCUT2D eigenvalue weighted by Crippen LogP contribution is -2.43. The third-order valence-corrected chi connectivity index (χ3v) is 4.47. The van der Waals surface area contributed by atoms with Gasteiger partial charge in [0, 0.05) is 32.9 Å². The van der Waals surface area contributed by atoms with Crippen molar-refractivity contribution < 1.29 is 4.79 Å². The molecule has 1 unspecified atom stereocenters. The number of nitrogens with two attached hydrogens (primary N) is 1. The van der Waals surface area contributed by atoms with E-state index in [1.54, 1.807) is 4.90 Å². The van der Waals surface area contributed by atoms with Crippen molar-refractivity contribution in [1.29, 1.82) is 0 Å². The number of aliphatic imine (C=N–C) groups is 1. The van der Waals surface area contributed by atoms with Gasteiger partial charge in [0.2, 0.25) is 5.91 Å². The molecular weight excluding hydrogens is 314 g/mol. The van der Waals surface area contributed by atoms with E-state index in [1.807, 2.05) is 14.1 Å². The number of carbonyl (C=O) groups excluding carboxylic acids is 1. The van der Waals surface area contributed by atoms with E-state index in [1.165, 1.54) is 11.1 Å². The average molecular weight is 345 g/mol. The molecular formula is C19H31N5O. The summed E-state index contributed by atoms with van der Waals surface area (Å²) in [6.45, 7) is 6.65. The fraction of sp³-hybridized carbons (Fsp3) is 0.579. The summed E-state index contributed by atoms with van der Waals surface area (Å²) in [4.78, 5) is 20.5. The Hall–Kier alpha value is -2.08. The van der Waals surface area contributed by atoms with Crippen LogP contribution in [0, 0.1) is 13.8 Å². The van der Waals surface area contributed by atoms with Crippen LogP contribution in [0.2, 0.25) is 0 Å². The van der Waals surface area contributed by atoms with Crippen LogP contribution in [-0.4, -0.2) is 61.4 Å². The Morgan fingerprint density at radius 3 is 2.64 bits per heavy atom. The Kier molecular flexibility index (Phi) is 6.82. The maximum absolute atomic E-state index is 12.2. The maximum Gasteiger partial charge on any atom is 0.239 e. The Morgan fingerprint density at radius 1 is 1.32 bits per heavy atom. The molecule has 1 heterocycles. The van der Waals surface area contributed by atoms with Gasteiger partial charge in [-0.3, -0.25) is 14.7 Å². The maximum atomic E-state index is 12.2. The number of carbonyl (C=O) groups is 1. The van der Waals surface area contributed by atoms with Crippen molar-refractivity contribution in [3.05, 3.63) is 29.3 Å². The molecule has 6 heteroatoms. The van der Waals surface area contributed by atoms with Gasteiger partial charge in [-0.05, 0) is 62.9 Å². The molecule has 1 aliphatic heterocycles. The fourth-order valence-electron chi connectivity index (χ4n) is 3.38. The molecule has 0 aromatic heterocycles. The summed E-state index contributed by atoms with van der Waals surface area (Å²) < 4.78 is 0. The van der Waals surface area contributed by atoms with E-state index >= 15 is 0 Å². The van der Waals surface area contributed by atoms with Crippen molar-refractivity contribution in [2.24, 2.45) is 10.7 Å². The van der Waals surface area contributed by atoms with E-state index in [-0.39, 0.29) is 11.9 Å². The highest BCUT2D eigenvalue weighted by Gasteiger charge is 2.30. The number of aryl methyl sites for hydroxylation is 2. The van der Waals surface area contributed by atoms with Crippen molar-refractivity contribution in [1.82, 2.24) is 9.80 Å². The van der Waals surface area contributed by atoms with E-state index < -0.39 is 0 Å². The number of hydrogen-bond donors (Lipinski definition) is 2. The van der Waals surface area contributed by atoms with Gasteiger partial charge in [0.05, 0.1) is 6.04 Å². The number of amides is 1. The number of rotatable bonds is 6. The van der Waals surface area contributed by atoms with Crippen LogP contribution in [-0.2, 0) is 4.79 Å². The Bertz CT molecular complexity index is 606. The number of anilines is 1. The van der Waals surface area contributed by atoms with Crippen LogP contribution >= 0.6 is 0 Å². The highest BCUT2D eigenvalue weighted by molar-refractivity contribution is 5.92. The van der Waals surface area contributed by atoms with Gasteiger partial charge in [-0.25, -0.2) is 0 Å². The molecule has 1 atom stereocenters. The largest absolute Gasteiger partial charge is 0.370 e. The van der Waals surface area contributed by atoms with Crippen molar-refractivity contribution in [2.45, 2.75) is 39.2 Å². The van der Waals surface area contributed by atoms with Gasteiger partial charge in [0.15, 0.2) is 5.96 Å². The summed E-state index contributed by atoms with van der Waals surface area (Å²) in [5, 5.41) is 3.15. The number of nitrogens with one attached hydrogen (secondary N) is 1. The molecule has 1 aromatic rings. The minimum atomic E-state index is 0.0321. The van der Waals surface area contributed by atoms with Gasteiger partial charge in [0.1, 0.15) is 0 Å². The Labute approximate surface area is 151 Å². The quantitative estimate of drug-likeness (QED) is 0.470. The topological polar surface area (TPSA) is 74.0 Å². The first-order valence-corrected chi connectivity index (χ1v) is 8.97. The lowest BCUT2D eigenvalue weighted by molar-refractivity contribution is -0.133. The zero-order valence-corrected chi connectivity index (χ0v) is 15.9. The molecule has 138 valence electrons. The number of guanidine groups is 1. The van der Waals surface area contributed by atoms with Gasteiger partial charge in [0.25, 0.3) is 0 Å². The molecule has 0 spiro atoms. The highest BCUT2D eigenvalue weighted by Crippen LogP contribution is 2.19. The van der Waals surface area contributed by atoms with E-state index in [9.17, 15) is 4.79 Å². The predicted octanol–water partition coefficient (Wildman–Crippen LogP) is 1.97. The van der Waals surface area contributed by atoms with E-state index in [4.69, 9.17) is 5.73 Å². The first kappa shape index (κ1) is 19.2. The van der Waals surface area contributed by atoms with Crippen molar-refractivity contribution >= 4 is 17.6 Å². The van der Waals surface area contributed by atoms with Crippen LogP contribution < -0.4 is 11.1 Å². The summed E-state index contributed by atoms with van der Waals surface area (Å²) in [7, 11) is 3.64. The van der Waals surface area contributed by atoms with Crippen LogP contribution in [0.3, 0.4) is 0 Å². The summed E-state index contributed by atoms with van der Waals surface area (Å²) in [5.74, 6) is 0.643. The monoisotopic (exact) mass is 345 g/mol. The number of likely N-dealkylation sites (tertiary alicyclic amines) is 1. The molecule has 6 nitrogen and oxygen atoms in total. The summed E-state index contributed by atoms with van der Waals surface area (Å²) in [6, 6.07) is 6.26. The molecule has 0 aliphatic carbocycles. The van der Waals surface area contributed by atoms with Crippen LogP contribution in [0.4, 0.5) is 5.69 Å². The standard InChI is InChI=1S/C19H31N5O/c1-14-11-15(2)13-16(12-14)22-19(20)21-8-6-10-24-9-5-7-17(24)18(25)23(3)4/h11-13,17H,5-10H2,1-4H3,(H3,20,21,22). The van der Waals surface area contributed by atoms with Gasteiger partial charge in [-0.15, -0.1) is 0 Å². The average Bonchev–Trinajstić information content (AvgIpc) is 2.98. The van der Waals surface area contributed by atoms with Crippen molar-refractivity contribution in [2.75, 3.05) is 39.0 Å². The molecule has 0 radical (unpaired) electrons. The second-order valence-corrected chi connectivity index (χ2v) is 7.05. The fourth-order valence-corrected chi connectivity index (χ4v) is 3.38. The van der Waals surface area contributed by atoms with E-state index in [0.29, 0.717) is 12.5 Å². The molecule has 1 aromatic carbocycles. The third kappa shape index (κ3) is 5.74. The molecule has 0 saturated carbocycles. The molecule has 0 bridgehead atoms. The molecule has 1 aliphatic rings. The number of likely N-dealkylation sites (N-methyl/N-ethyl adjacent to an activating group) is 1. The van der Waals surface area contributed by atoms with Gasteiger partial charge < -0.3 is 16.0 Å². The summed E-state index contributed by atoms with van der Waals surface area (Å²) in [6.07, 6.45) is 2.94. The van der Waals surface area contributed by atoms with Crippen molar-refractivity contribution in [3.8, 4) is 0 Å². The second-order valence-electron chi connectivity index (χ2n) is 7.05. The lowest BCUT2D eigenvalue weighted by Gasteiger charge is -2.25. The smallest absolute Gasteiger partial charge is 0.239 e. The normalized spacial score (nSPS) is 18.4. The van der Waals surface area contributed by atoms with Crippen LogP contribution in [0.1, 0.15) is 30.4 Å². The minimum absolute atomic E-state index is 0.0321. The van der Waals surface area contributed by atoms with Crippen molar-refractivity contribution in [3.63, 3.8) is 0 Å². The van der Waals surface area contributed by atoms with E-state index in [2.05, 4.69) is 47.3 Å². The second kappa shape index (κ2) is 8.85. The van der Waals surface area contributed by atoms with E-state index in [0.717, 1.165) is 38.0 Å². The zero-order chi connectivity index (χ0) is 18.4. The SMILES string of the molecule is Cc1cc(C)cc(NC(N)=NCCCN2CCCC2C(=O)N(C)C)c1. The minimum Gasteiger partial charge on any atom is -0.370 e.